The molecule has 0 spiro atoms. The van der Waals surface area contributed by atoms with Gasteiger partial charge in [0.25, 0.3) is 0 Å². The van der Waals surface area contributed by atoms with Crippen LogP contribution in [0.5, 0.6) is 5.75 Å². The molecule has 1 N–H and O–H groups in total. The van der Waals surface area contributed by atoms with E-state index in [0.29, 0.717) is 11.3 Å². The van der Waals surface area contributed by atoms with Crippen LogP contribution in [-0.4, -0.2) is 14.2 Å². The third-order valence-corrected chi connectivity index (χ3v) is 2.86. The second-order valence-electron chi connectivity index (χ2n) is 4.03. The van der Waals surface area contributed by atoms with Crippen molar-refractivity contribution in [3.8, 4) is 5.75 Å². The lowest BCUT2D eigenvalue weighted by atomic mass is 10.0. The lowest BCUT2D eigenvalue weighted by molar-refractivity contribution is 0.378. The third-order valence-electron chi connectivity index (χ3n) is 2.86. The van der Waals surface area contributed by atoms with Gasteiger partial charge in [-0.25, -0.2) is 4.39 Å². The van der Waals surface area contributed by atoms with Crippen molar-refractivity contribution in [3.63, 3.8) is 0 Å². The van der Waals surface area contributed by atoms with E-state index in [4.69, 9.17) is 9.15 Å². The molecule has 0 aliphatic rings. The zero-order valence-electron chi connectivity index (χ0n) is 10.7. The molecule has 0 bridgehead atoms. The molecule has 2 aromatic rings. The van der Waals surface area contributed by atoms with E-state index in [1.807, 2.05) is 19.1 Å². The minimum Gasteiger partial charge on any atom is -0.494 e. The highest BCUT2D eigenvalue weighted by molar-refractivity contribution is 5.36. The molecule has 1 heterocycles. The fourth-order valence-electron chi connectivity index (χ4n) is 1.97. The smallest absolute Gasteiger partial charge is 0.170 e. The Morgan fingerprint density at radius 2 is 2.06 bits per heavy atom. The van der Waals surface area contributed by atoms with Gasteiger partial charge in [0, 0.05) is 5.56 Å². The van der Waals surface area contributed by atoms with E-state index >= 15 is 0 Å². The molecule has 1 unspecified atom stereocenters. The summed E-state index contributed by atoms with van der Waals surface area (Å²) in [6, 6.07) is 8.45. The Kier molecular flexibility index (Phi) is 3.67. The van der Waals surface area contributed by atoms with Crippen LogP contribution in [0, 0.1) is 12.7 Å². The number of ether oxygens (including phenoxy) is 1. The normalized spacial score (nSPS) is 12.4. The molecular formula is C14H16FNO2. The minimum atomic E-state index is -0.367. The average Bonchev–Trinajstić information content (AvgIpc) is 2.79. The molecule has 18 heavy (non-hydrogen) atoms. The van der Waals surface area contributed by atoms with Crippen molar-refractivity contribution < 1.29 is 13.5 Å². The molecule has 0 saturated heterocycles. The van der Waals surface area contributed by atoms with Crippen LogP contribution in [0.25, 0.3) is 0 Å². The average molecular weight is 249 g/mol. The summed E-state index contributed by atoms with van der Waals surface area (Å²) >= 11 is 0. The molecule has 0 aliphatic heterocycles. The molecule has 0 radical (unpaired) electrons. The van der Waals surface area contributed by atoms with Gasteiger partial charge in [0.2, 0.25) is 0 Å². The first-order valence-electron chi connectivity index (χ1n) is 5.73. The van der Waals surface area contributed by atoms with Crippen molar-refractivity contribution in [1.29, 1.82) is 0 Å². The Balaban J connectivity index is 2.45. The number of methoxy groups -OCH3 is 1. The van der Waals surface area contributed by atoms with E-state index in [9.17, 15) is 4.39 Å². The van der Waals surface area contributed by atoms with Gasteiger partial charge >= 0.3 is 0 Å². The largest absolute Gasteiger partial charge is 0.494 e. The Morgan fingerprint density at radius 1 is 1.28 bits per heavy atom. The highest BCUT2D eigenvalue weighted by Crippen LogP contribution is 2.29. The van der Waals surface area contributed by atoms with Gasteiger partial charge in [-0.3, -0.25) is 0 Å². The summed E-state index contributed by atoms with van der Waals surface area (Å²) in [5, 5.41) is 3.05. The number of halogens is 1. The standard InChI is InChI=1S/C14H16FNO2/c1-9-7-8-12(18-9)14(16-2)10-5-4-6-11(17-3)13(10)15/h4-8,14,16H,1-3H3. The molecule has 0 amide bonds. The van der Waals surface area contributed by atoms with Gasteiger partial charge in [-0.15, -0.1) is 0 Å². The SMILES string of the molecule is CNC(c1ccc(C)o1)c1cccc(OC)c1F. The van der Waals surface area contributed by atoms with Crippen molar-refractivity contribution in [1.82, 2.24) is 5.32 Å². The van der Waals surface area contributed by atoms with E-state index in [-0.39, 0.29) is 17.6 Å². The lowest BCUT2D eigenvalue weighted by Crippen LogP contribution is -2.18. The molecule has 96 valence electrons. The van der Waals surface area contributed by atoms with Crippen molar-refractivity contribution in [2.75, 3.05) is 14.2 Å². The third kappa shape index (κ3) is 2.24. The zero-order valence-corrected chi connectivity index (χ0v) is 10.7. The predicted molar refractivity (Wildman–Crippen MR) is 67.3 cm³/mol. The van der Waals surface area contributed by atoms with Crippen LogP contribution in [-0.2, 0) is 0 Å². The molecule has 3 nitrogen and oxygen atoms in total. The predicted octanol–water partition coefficient (Wildman–Crippen LogP) is 3.04. The maximum absolute atomic E-state index is 14.2. The molecular weight excluding hydrogens is 233 g/mol. The molecule has 1 aromatic carbocycles. The van der Waals surface area contributed by atoms with Crippen LogP contribution in [0.3, 0.4) is 0 Å². The van der Waals surface area contributed by atoms with Gasteiger partial charge in [-0.05, 0) is 32.2 Å². The zero-order chi connectivity index (χ0) is 13.1. The fraction of sp³-hybridized carbons (Fsp3) is 0.286. The first-order valence-corrected chi connectivity index (χ1v) is 5.73. The number of furan rings is 1. The number of aryl methyl sites for hydroxylation is 1. The van der Waals surface area contributed by atoms with Crippen LogP contribution in [0.4, 0.5) is 4.39 Å². The first-order chi connectivity index (χ1) is 8.67. The van der Waals surface area contributed by atoms with Gasteiger partial charge in [0.15, 0.2) is 11.6 Å². The Hall–Kier alpha value is -1.81. The number of rotatable bonds is 4. The van der Waals surface area contributed by atoms with Crippen molar-refractivity contribution >= 4 is 0 Å². The topological polar surface area (TPSA) is 34.4 Å². The lowest BCUT2D eigenvalue weighted by Gasteiger charge is -2.16. The molecule has 2 rings (SSSR count). The summed E-state index contributed by atoms with van der Waals surface area (Å²) in [5.74, 6) is 1.35. The summed E-state index contributed by atoms with van der Waals surface area (Å²) in [5.41, 5.74) is 0.506. The van der Waals surface area contributed by atoms with Gasteiger partial charge < -0.3 is 14.5 Å². The van der Waals surface area contributed by atoms with Gasteiger partial charge in [0.05, 0.1) is 13.2 Å². The maximum Gasteiger partial charge on any atom is 0.170 e. The van der Waals surface area contributed by atoms with Crippen molar-refractivity contribution in [3.05, 3.63) is 53.2 Å². The highest BCUT2D eigenvalue weighted by atomic mass is 19.1. The van der Waals surface area contributed by atoms with E-state index in [1.165, 1.54) is 7.11 Å². The van der Waals surface area contributed by atoms with E-state index in [0.717, 1.165) is 5.76 Å². The maximum atomic E-state index is 14.2. The van der Waals surface area contributed by atoms with Crippen molar-refractivity contribution in [2.24, 2.45) is 0 Å². The highest BCUT2D eigenvalue weighted by Gasteiger charge is 2.21. The number of benzene rings is 1. The van der Waals surface area contributed by atoms with E-state index in [1.54, 1.807) is 25.2 Å². The summed E-state index contributed by atoms with van der Waals surface area (Å²) < 4.78 is 24.7. The second kappa shape index (κ2) is 5.23. The molecule has 1 atom stereocenters. The van der Waals surface area contributed by atoms with Gasteiger partial charge in [-0.1, -0.05) is 12.1 Å². The van der Waals surface area contributed by atoms with Crippen LogP contribution in [0.2, 0.25) is 0 Å². The van der Waals surface area contributed by atoms with Gasteiger partial charge in [0.1, 0.15) is 11.5 Å². The van der Waals surface area contributed by atoms with Crippen LogP contribution < -0.4 is 10.1 Å². The van der Waals surface area contributed by atoms with Crippen molar-refractivity contribution in [2.45, 2.75) is 13.0 Å². The Bertz CT molecular complexity index is 536. The number of hydrogen-bond donors (Lipinski definition) is 1. The summed E-state index contributed by atoms with van der Waals surface area (Å²) in [7, 11) is 3.22. The van der Waals surface area contributed by atoms with Crippen LogP contribution >= 0.6 is 0 Å². The summed E-state index contributed by atoms with van der Waals surface area (Å²) in [4.78, 5) is 0. The first kappa shape index (κ1) is 12.6. The Morgan fingerprint density at radius 3 is 2.61 bits per heavy atom. The quantitative estimate of drug-likeness (QED) is 0.904. The van der Waals surface area contributed by atoms with E-state index < -0.39 is 0 Å². The molecule has 0 aliphatic carbocycles. The summed E-state index contributed by atoms with van der Waals surface area (Å²) in [6.07, 6.45) is 0. The minimum absolute atomic E-state index is 0.232. The Labute approximate surface area is 106 Å². The van der Waals surface area contributed by atoms with Crippen LogP contribution in [0.15, 0.2) is 34.7 Å². The van der Waals surface area contributed by atoms with Gasteiger partial charge in [-0.2, -0.15) is 0 Å². The van der Waals surface area contributed by atoms with Crippen LogP contribution in [0.1, 0.15) is 23.1 Å². The molecule has 4 heteroatoms. The second-order valence-corrected chi connectivity index (χ2v) is 4.03. The monoisotopic (exact) mass is 249 g/mol. The fourth-order valence-corrected chi connectivity index (χ4v) is 1.97. The molecule has 1 aromatic heterocycles. The number of nitrogens with one attached hydrogen (secondary N) is 1. The molecule has 0 saturated carbocycles. The number of hydrogen-bond acceptors (Lipinski definition) is 3. The van der Waals surface area contributed by atoms with E-state index in [2.05, 4.69) is 5.32 Å². The molecule has 0 fully saturated rings. The summed E-state index contributed by atoms with van der Waals surface area (Å²) in [6.45, 7) is 1.86.